The van der Waals surface area contributed by atoms with E-state index in [0.29, 0.717) is 5.02 Å². The summed E-state index contributed by atoms with van der Waals surface area (Å²) in [5.74, 6) is 0. The molecule has 1 aromatic heterocycles. The van der Waals surface area contributed by atoms with Crippen molar-refractivity contribution in [3.05, 3.63) is 129 Å². The second-order valence-corrected chi connectivity index (χ2v) is 9.67. The molecule has 0 radical (unpaired) electrons. The summed E-state index contributed by atoms with van der Waals surface area (Å²) in [5.41, 5.74) is 8.89. The Balaban J connectivity index is 1.49. The Morgan fingerprint density at radius 1 is 0.686 bits per heavy atom. The minimum Gasteiger partial charge on any atom is -0.218 e. The van der Waals surface area contributed by atoms with Crippen molar-refractivity contribution in [3.63, 3.8) is 0 Å². The number of benzene rings is 4. The van der Waals surface area contributed by atoms with Gasteiger partial charge in [-0.3, -0.25) is 0 Å². The Labute approximate surface area is 213 Å². The Morgan fingerprint density at radius 2 is 1.37 bits per heavy atom. The summed E-state index contributed by atoms with van der Waals surface area (Å²) in [6.07, 6.45) is 1.93. The van der Waals surface area contributed by atoms with Gasteiger partial charge in [-0.05, 0) is 41.7 Å². The molecule has 0 atom stereocenters. The van der Waals surface area contributed by atoms with Crippen LogP contribution in [0.4, 0.5) is 5.69 Å². The van der Waals surface area contributed by atoms with E-state index in [2.05, 4.69) is 78.2 Å². The largest absolute Gasteiger partial charge is 0.218 e. The molecule has 1 heterocycles. The molecule has 0 saturated heterocycles. The van der Waals surface area contributed by atoms with Crippen molar-refractivity contribution in [2.75, 3.05) is 0 Å². The summed E-state index contributed by atoms with van der Waals surface area (Å²) in [6.45, 7) is 0. The minimum absolute atomic E-state index is 0.625. The molecular weight excluding hydrogens is 470 g/mol. The van der Waals surface area contributed by atoms with Gasteiger partial charge in [0.05, 0.1) is 22.1 Å². The first-order valence-corrected chi connectivity index (χ1v) is 12.8. The number of aryl methyl sites for hydroxylation is 1. The standard InChI is InChI=1S/C30H22ClN3S/c31-26-12-6-7-13-28(26)32-30-34(33-27-19-18-23-10-4-5-11-25(23)27)29(20-35-30)24-16-14-22(15-17-24)21-8-2-1-3-9-21/h1-17,20H,18-19H2. The molecule has 170 valence electrons. The molecule has 0 bridgehead atoms. The van der Waals surface area contributed by atoms with Crippen LogP contribution in [0.3, 0.4) is 0 Å². The number of fused-ring (bicyclic) bond motifs is 1. The zero-order valence-electron chi connectivity index (χ0n) is 18.9. The maximum Gasteiger partial charge on any atom is 0.211 e. The molecule has 35 heavy (non-hydrogen) atoms. The van der Waals surface area contributed by atoms with E-state index in [1.165, 1.54) is 22.3 Å². The van der Waals surface area contributed by atoms with E-state index in [0.717, 1.165) is 40.3 Å². The van der Waals surface area contributed by atoms with Crippen molar-refractivity contribution in [2.24, 2.45) is 10.1 Å². The molecule has 4 aromatic carbocycles. The maximum atomic E-state index is 6.43. The SMILES string of the molecule is Clc1ccccc1N=c1scc(-c2ccc(-c3ccccc3)cc2)n1N=C1CCc2ccccc21. The Morgan fingerprint density at radius 3 is 2.20 bits per heavy atom. The first-order chi connectivity index (χ1) is 17.3. The van der Waals surface area contributed by atoms with E-state index < -0.39 is 0 Å². The van der Waals surface area contributed by atoms with E-state index in [9.17, 15) is 0 Å². The zero-order valence-corrected chi connectivity index (χ0v) is 20.5. The number of halogens is 1. The second kappa shape index (κ2) is 9.49. The molecule has 0 spiro atoms. The number of hydrogen-bond donors (Lipinski definition) is 0. The van der Waals surface area contributed by atoms with Gasteiger partial charge in [0.2, 0.25) is 4.80 Å². The molecule has 1 aliphatic carbocycles. The van der Waals surface area contributed by atoms with Gasteiger partial charge in [0.15, 0.2) is 0 Å². The van der Waals surface area contributed by atoms with Crippen molar-refractivity contribution in [3.8, 4) is 22.4 Å². The van der Waals surface area contributed by atoms with Crippen molar-refractivity contribution < 1.29 is 0 Å². The molecule has 5 heteroatoms. The van der Waals surface area contributed by atoms with Crippen LogP contribution in [0.25, 0.3) is 22.4 Å². The van der Waals surface area contributed by atoms with E-state index in [4.69, 9.17) is 21.7 Å². The summed E-state index contributed by atoms with van der Waals surface area (Å²) in [7, 11) is 0. The molecule has 0 amide bonds. The maximum absolute atomic E-state index is 6.43. The Hall–Kier alpha value is -3.73. The highest BCUT2D eigenvalue weighted by atomic mass is 35.5. The van der Waals surface area contributed by atoms with Gasteiger partial charge in [-0.25, -0.2) is 9.67 Å². The number of hydrogen-bond acceptors (Lipinski definition) is 3. The number of aromatic nitrogens is 1. The van der Waals surface area contributed by atoms with Crippen LogP contribution in [0.15, 0.2) is 119 Å². The molecule has 0 unspecified atom stereocenters. The van der Waals surface area contributed by atoms with E-state index in [1.807, 2.05) is 35.0 Å². The Kier molecular flexibility index (Phi) is 5.91. The van der Waals surface area contributed by atoms with Crippen LogP contribution in [-0.4, -0.2) is 10.4 Å². The predicted molar refractivity (Wildman–Crippen MR) is 147 cm³/mol. The van der Waals surface area contributed by atoms with Crippen molar-refractivity contribution in [1.29, 1.82) is 0 Å². The Bertz CT molecular complexity index is 1600. The van der Waals surface area contributed by atoms with Crippen molar-refractivity contribution in [2.45, 2.75) is 12.8 Å². The van der Waals surface area contributed by atoms with Crippen molar-refractivity contribution in [1.82, 2.24) is 4.68 Å². The van der Waals surface area contributed by atoms with Crippen LogP contribution in [0.2, 0.25) is 5.02 Å². The van der Waals surface area contributed by atoms with Gasteiger partial charge in [-0.2, -0.15) is 5.10 Å². The summed E-state index contributed by atoms with van der Waals surface area (Å²) >= 11 is 8.00. The fourth-order valence-electron chi connectivity index (χ4n) is 4.41. The van der Waals surface area contributed by atoms with Gasteiger partial charge in [-0.15, -0.1) is 11.3 Å². The van der Waals surface area contributed by atoms with Crippen LogP contribution >= 0.6 is 22.9 Å². The molecule has 5 aromatic rings. The summed E-state index contributed by atoms with van der Waals surface area (Å²) in [5, 5.41) is 7.90. The molecular formula is C30H22ClN3S. The predicted octanol–water partition coefficient (Wildman–Crippen LogP) is 7.97. The lowest BCUT2D eigenvalue weighted by atomic mass is 10.0. The number of thiazole rings is 1. The van der Waals surface area contributed by atoms with Crippen LogP contribution in [0, 0.1) is 0 Å². The van der Waals surface area contributed by atoms with Gasteiger partial charge in [0.1, 0.15) is 0 Å². The third-order valence-corrected chi connectivity index (χ3v) is 7.36. The zero-order chi connectivity index (χ0) is 23.6. The fraction of sp³-hybridized carbons (Fsp3) is 0.0667. The molecule has 0 aliphatic heterocycles. The minimum atomic E-state index is 0.625. The summed E-state index contributed by atoms with van der Waals surface area (Å²) in [6, 6.07) is 35.2. The van der Waals surface area contributed by atoms with Crippen LogP contribution in [0.5, 0.6) is 0 Å². The molecule has 0 N–H and O–H groups in total. The monoisotopic (exact) mass is 491 g/mol. The number of para-hydroxylation sites is 1. The van der Waals surface area contributed by atoms with Gasteiger partial charge in [0, 0.05) is 16.5 Å². The lowest BCUT2D eigenvalue weighted by molar-refractivity contribution is 0.843. The lowest BCUT2D eigenvalue weighted by Crippen LogP contribution is -2.14. The number of rotatable bonds is 4. The van der Waals surface area contributed by atoms with E-state index in [-0.39, 0.29) is 0 Å². The quantitative estimate of drug-likeness (QED) is 0.244. The first-order valence-electron chi connectivity index (χ1n) is 11.6. The highest BCUT2D eigenvalue weighted by molar-refractivity contribution is 7.07. The molecule has 0 saturated carbocycles. The van der Waals surface area contributed by atoms with E-state index in [1.54, 1.807) is 11.3 Å². The van der Waals surface area contributed by atoms with Gasteiger partial charge >= 0.3 is 0 Å². The topological polar surface area (TPSA) is 29.6 Å². The van der Waals surface area contributed by atoms with Crippen LogP contribution in [-0.2, 0) is 6.42 Å². The smallest absolute Gasteiger partial charge is 0.211 e. The van der Waals surface area contributed by atoms with Gasteiger partial charge in [0.25, 0.3) is 0 Å². The highest BCUT2D eigenvalue weighted by Gasteiger charge is 2.18. The lowest BCUT2D eigenvalue weighted by Gasteiger charge is -2.08. The molecule has 1 aliphatic rings. The average molecular weight is 492 g/mol. The normalized spacial score (nSPS) is 14.4. The third kappa shape index (κ3) is 4.39. The molecule has 0 fully saturated rings. The fourth-order valence-corrected chi connectivity index (χ4v) is 5.43. The second-order valence-electron chi connectivity index (χ2n) is 8.43. The van der Waals surface area contributed by atoms with Crippen molar-refractivity contribution >= 4 is 34.3 Å². The van der Waals surface area contributed by atoms with Crippen LogP contribution in [0.1, 0.15) is 17.5 Å². The van der Waals surface area contributed by atoms with Gasteiger partial charge in [-0.1, -0.05) is 103 Å². The molecule has 6 rings (SSSR count). The number of nitrogens with zero attached hydrogens (tertiary/aromatic N) is 3. The summed E-state index contributed by atoms with van der Waals surface area (Å²) < 4.78 is 1.98. The van der Waals surface area contributed by atoms with Crippen LogP contribution < -0.4 is 4.80 Å². The van der Waals surface area contributed by atoms with Gasteiger partial charge < -0.3 is 0 Å². The highest BCUT2D eigenvalue weighted by Crippen LogP contribution is 2.28. The van der Waals surface area contributed by atoms with E-state index >= 15 is 0 Å². The molecule has 3 nitrogen and oxygen atoms in total. The third-order valence-electron chi connectivity index (χ3n) is 6.22. The first kappa shape index (κ1) is 21.8. The summed E-state index contributed by atoms with van der Waals surface area (Å²) in [4.78, 5) is 5.68. The average Bonchev–Trinajstić information content (AvgIpc) is 3.50.